The second kappa shape index (κ2) is 7.81. The summed E-state index contributed by atoms with van der Waals surface area (Å²) in [5.74, 6) is -0.494. The van der Waals surface area contributed by atoms with Gasteiger partial charge in [0.1, 0.15) is 11.5 Å². The highest BCUT2D eigenvalue weighted by molar-refractivity contribution is 9.10. The van der Waals surface area contributed by atoms with Gasteiger partial charge in [0.05, 0.1) is 16.1 Å². The van der Waals surface area contributed by atoms with Crippen LogP contribution in [0.1, 0.15) is 10.4 Å². The molecule has 0 heterocycles. The molecule has 0 aromatic heterocycles. The number of sulfonamides is 1. The Balaban J connectivity index is 1.91. The van der Waals surface area contributed by atoms with Crippen LogP contribution in [0.25, 0.3) is 0 Å². The van der Waals surface area contributed by atoms with Crippen molar-refractivity contribution < 1.29 is 23.1 Å². The minimum Gasteiger partial charge on any atom is -0.478 e. The van der Waals surface area contributed by atoms with Gasteiger partial charge in [-0.2, -0.15) is 0 Å². The van der Waals surface area contributed by atoms with Gasteiger partial charge in [-0.05, 0) is 48.5 Å². The zero-order valence-electron chi connectivity index (χ0n) is 13.8. The fraction of sp³-hybridized carbons (Fsp3) is 0. The van der Waals surface area contributed by atoms with Crippen LogP contribution in [0.2, 0.25) is 0 Å². The fourth-order valence-corrected chi connectivity index (χ4v) is 3.80. The largest absolute Gasteiger partial charge is 0.478 e. The quantitative estimate of drug-likeness (QED) is 0.568. The molecule has 0 bridgehead atoms. The second-order valence-electron chi connectivity index (χ2n) is 5.49. The van der Waals surface area contributed by atoms with Crippen molar-refractivity contribution >= 4 is 37.6 Å². The van der Waals surface area contributed by atoms with E-state index in [2.05, 4.69) is 20.7 Å². The summed E-state index contributed by atoms with van der Waals surface area (Å²) in [4.78, 5) is 11.6. The third-order valence-corrected chi connectivity index (χ3v) is 5.43. The molecule has 0 aliphatic heterocycles. The highest BCUT2D eigenvalue weighted by Crippen LogP contribution is 2.29. The second-order valence-corrected chi connectivity index (χ2v) is 8.09. The Hall–Kier alpha value is -2.84. The van der Waals surface area contributed by atoms with Crippen molar-refractivity contribution in [2.45, 2.75) is 4.90 Å². The van der Waals surface area contributed by atoms with E-state index in [1.54, 1.807) is 36.4 Å². The van der Waals surface area contributed by atoms with Crippen molar-refractivity contribution in [1.82, 2.24) is 0 Å². The van der Waals surface area contributed by atoms with Crippen LogP contribution in [-0.4, -0.2) is 19.5 Å². The van der Waals surface area contributed by atoms with Gasteiger partial charge in [0.15, 0.2) is 0 Å². The van der Waals surface area contributed by atoms with Gasteiger partial charge in [-0.15, -0.1) is 0 Å². The summed E-state index contributed by atoms with van der Waals surface area (Å²) in [5.41, 5.74) is -0.269. The van der Waals surface area contributed by atoms with Crippen LogP contribution in [-0.2, 0) is 10.0 Å². The summed E-state index contributed by atoms with van der Waals surface area (Å²) in [6.07, 6.45) is 0. The molecule has 27 heavy (non-hydrogen) atoms. The van der Waals surface area contributed by atoms with Gasteiger partial charge >= 0.3 is 5.97 Å². The Morgan fingerprint density at radius 1 is 0.926 bits per heavy atom. The van der Waals surface area contributed by atoms with E-state index in [9.17, 15) is 18.3 Å². The molecule has 0 atom stereocenters. The minimum absolute atomic E-state index is 0.0378. The molecule has 0 aliphatic carbocycles. The number of halogens is 1. The van der Waals surface area contributed by atoms with E-state index >= 15 is 0 Å². The predicted octanol–water partition coefficient (Wildman–Crippen LogP) is 4.74. The maximum absolute atomic E-state index is 12.4. The molecule has 0 fully saturated rings. The lowest BCUT2D eigenvalue weighted by molar-refractivity contribution is 0.0697. The average Bonchev–Trinajstić information content (AvgIpc) is 2.63. The van der Waals surface area contributed by atoms with Gasteiger partial charge in [-0.25, -0.2) is 13.2 Å². The molecule has 138 valence electrons. The lowest BCUT2D eigenvalue weighted by Gasteiger charge is -2.13. The number of ether oxygens (including phenoxy) is 1. The summed E-state index contributed by atoms with van der Waals surface area (Å²) in [5, 5.41) is 9.47. The lowest BCUT2D eigenvalue weighted by atomic mass is 10.2. The molecule has 3 rings (SSSR count). The number of hydrogen-bond donors (Lipinski definition) is 2. The average molecular weight is 448 g/mol. The Morgan fingerprint density at radius 3 is 2.30 bits per heavy atom. The number of carboxylic acids is 1. The van der Waals surface area contributed by atoms with Gasteiger partial charge in [-0.1, -0.05) is 40.2 Å². The fourth-order valence-electron chi connectivity index (χ4n) is 2.32. The van der Waals surface area contributed by atoms with Crippen LogP contribution in [0.4, 0.5) is 5.69 Å². The van der Waals surface area contributed by atoms with Crippen molar-refractivity contribution in [1.29, 1.82) is 0 Å². The molecule has 0 radical (unpaired) electrons. The zero-order valence-corrected chi connectivity index (χ0v) is 16.2. The van der Waals surface area contributed by atoms with Crippen LogP contribution in [0, 0.1) is 0 Å². The first-order chi connectivity index (χ1) is 12.8. The van der Waals surface area contributed by atoms with Crippen molar-refractivity contribution in [3.05, 3.63) is 82.8 Å². The van der Waals surface area contributed by atoms with Gasteiger partial charge in [0, 0.05) is 4.47 Å². The number of carbonyl (C=O) groups is 1. The molecule has 6 nitrogen and oxygen atoms in total. The zero-order chi connectivity index (χ0) is 19.4. The standard InChI is InChI=1S/C19H14BrNO5S/c20-13-5-4-6-14(11-13)26-15-9-10-18(17(12-15)19(22)23)21-27(24,25)16-7-2-1-3-8-16/h1-12,21H,(H,22,23). The number of aromatic carboxylic acids is 1. The van der Waals surface area contributed by atoms with E-state index in [-0.39, 0.29) is 21.9 Å². The molecular formula is C19H14BrNO5S. The molecule has 0 saturated heterocycles. The number of rotatable bonds is 6. The number of nitrogens with one attached hydrogen (secondary N) is 1. The van der Waals surface area contributed by atoms with Crippen LogP contribution in [0.3, 0.4) is 0 Å². The van der Waals surface area contributed by atoms with Crippen LogP contribution in [0.15, 0.2) is 82.2 Å². The molecule has 3 aromatic carbocycles. The van der Waals surface area contributed by atoms with Crippen LogP contribution >= 0.6 is 15.9 Å². The Morgan fingerprint density at radius 2 is 1.63 bits per heavy atom. The lowest BCUT2D eigenvalue weighted by Crippen LogP contribution is -2.15. The smallest absolute Gasteiger partial charge is 0.337 e. The van der Waals surface area contributed by atoms with Crippen LogP contribution < -0.4 is 9.46 Å². The van der Waals surface area contributed by atoms with E-state index in [1.165, 1.54) is 30.3 Å². The molecule has 0 aliphatic rings. The van der Waals surface area contributed by atoms with E-state index in [0.717, 1.165) is 4.47 Å². The highest BCUT2D eigenvalue weighted by Gasteiger charge is 2.19. The van der Waals surface area contributed by atoms with E-state index in [0.29, 0.717) is 5.75 Å². The minimum atomic E-state index is -3.91. The molecule has 8 heteroatoms. The first-order valence-electron chi connectivity index (χ1n) is 7.74. The Kier molecular flexibility index (Phi) is 5.48. The Labute approximate surface area is 164 Å². The SMILES string of the molecule is O=C(O)c1cc(Oc2cccc(Br)c2)ccc1NS(=O)(=O)c1ccccc1. The summed E-state index contributed by atoms with van der Waals surface area (Å²) in [7, 11) is -3.91. The molecule has 0 spiro atoms. The van der Waals surface area contributed by atoms with Crippen molar-refractivity contribution in [2.24, 2.45) is 0 Å². The first-order valence-corrected chi connectivity index (χ1v) is 10.0. The third kappa shape index (κ3) is 4.66. The summed E-state index contributed by atoms with van der Waals surface area (Å²) in [6, 6.07) is 18.9. The molecule has 0 amide bonds. The van der Waals surface area contributed by atoms with Gasteiger partial charge in [-0.3, -0.25) is 4.72 Å². The van der Waals surface area contributed by atoms with Crippen molar-refractivity contribution in [3.8, 4) is 11.5 Å². The maximum Gasteiger partial charge on any atom is 0.337 e. The Bertz CT molecular complexity index is 1080. The molecular weight excluding hydrogens is 434 g/mol. The molecule has 0 saturated carbocycles. The summed E-state index contributed by atoms with van der Waals surface area (Å²) >= 11 is 3.33. The summed E-state index contributed by atoms with van der Waals surface area (Å²) in [6.45, 7) is 0. The van der Waals surface area contributed by atoms with Gasteiger partial charge in [0.25, 0.3) is 10.0 Å². The van der Waals surface area contributed by atoms with E-state index in [4.69, 9.17) is 4.74 Å². The number of benzene rings is 3. The molecule has 3 aromatic rings. The first kappa shape index (κ1) is 18.9. The normalized spacial score (nSPS) is 11.0. The third-order valence-electron chi connectivity index (χ3n) is 3.55. The van der Waals surface area contributed by atoms with Gasteiger partial charge in [0.2, 0.25) is 0 Å². The van der Waals surface area contributed by atoms with Crippen LogP contribution in [0.5, 0.6) is 11.5 Å². The number of anilines is 1. The van der Waals surface area contributed by atoms with E-state index in [1.807, 2.05) is 6.07 Å². The van der Waals surface area contributed by atoms with Gasteiger partial charge < -0.3 is 9.84 Å². The highest BCUT2D eigenvalue weighted by atomic mass is 79.9. The summed E-state index contributed by atoms with van der Waals surface area (Å²) < 4.78 is 33.7. The molecule has 0 unspecified atom stereocenters. The monoisotopic (exact) mass is 447 g/mol. The number of hydrogen-bond acceptors (Lipinski definition) is 4. The maximum atomic E-state index is 12.4. The predicted molar refractivity (Wildman–Crippen MR) is 105 cm³/mol. The molecule has 2 N–H and O–H groups in total. The topological polar surface area (TPSA) is 92.7 Å². The van der Waals surface area contributed by atoms with Crippen molar-refractivity contribution in [2.75, 3.05) is 4.72 Å². The van der Waals surface area contributed by atoms with Crippen molar-refractivity contribution in [3.63, 3.8) is 0 Å². The van der Waals surface area contributed by atoms with E-state index < -0.39 is 16.0 Å². The number of carboxylic acid groups (broad SMARTS) is 1.